The van der Waals surface area contributed by atoms with Gasteiger partial charge in [-0.05, 0) is 79.6 Å². The minimum atomic E-state index is -1.06. The van der Waals surface area contributed by atoms with Crippen LogP contribution in [0.15, 0.2) is 66.9 Å². The molecule has 3 aromatic carbocycles. The number of ether oxygens (including phenoxy) is 3. The Morgan fingerprint density at radius 1 is 0.896 bits per heavy atom. The fraction of sp³-hybridized carbons (Fsp3) is 0.395. The van der Waals surface area contributed by atoms with E-state index in [0.717, 1.165) is 38.9 Å². The molecule has 48 heavy (non-hydrogen) atoms. The molecule has 1 aliphatic heterocycles. The van der Waals surface area contributed by atoms with E-state index < -0.39 is 11.2 Å². The van der Waals surface area contributed by atoms with Crippen LogP contribution >= 0.6 is 0 Å². The number of rotatable bonds is 14. The first-order valence-electron chi connectivity index (χ1n) is 16.5. The van der Waals surface area contributed by atoms with E-state index in [9.17, 15) is 19.1 Å². The summed E-state index contributed by atoms with van der Waals surface area (Å²) in [6.45, 7) is 2.99. The molecule has 1 spiro atoms. The normalized spacial score (nSPS) is 19.0. The molecule has 2 heterocycles. The number of halogens is 2. The number of β-amino-alcohol motifs (C(OH)–C–C–N with tert-alkyl or cyclic N) is 1. The Balaban J connectivity index is 0.984. The van der Waals surface area contributed by atoms with Crippen molar-refractivity contribution in [2.45, 2.75) is 51.0 Å². The zero-order chi connectivity index (χ0) is 33.5. The maximum Gasteiger partial charge on any atom is 0.166 e. The highest BCUT2D eigenvalue weighted by atomic mass is 19.1. The van der Waals surface area contributed by atoms with Gasteiger partial charge in [0.2, 0.25) is 0 Å². The van der Waals surface area contributed by atoms with Gasteiger partial charge in [-0.1, -0.05) is 18.2 Å². The van der Waals surface area contributed by atoms with Gasteiger partial charge in [0.25, 0.3) is 0 Å². The molecule has 3 aliphatic rings. The van der Waals surface area contributed by atoms with Gasteiger partial charge < -0.3 is 19.3 Å². The van der Waals surface area contributed by atoms with Crippen LogP contribution in [0.1, 0.15) is 43.2 Å². The van der Waals surface area contributed by atoms with Crippen molar-refractivity contribution in [3.8, 4) is 23.0 Å². The fourth-order valence-electron chi connectivity index (χ4n) is 6.84. The van der Waals surface area contributed by atoms with Gasteiger partial charge in [-0.3, -0.25) is 19.5 Å². The molecule has 1 aromatic heterocycles. The molecule has 250 valence electrons. The lowest BCUT2D eigenvalue weighted by atomic mass is 9.88. The lowest BCUT2D eigenvalue weighted by molar-refractivity contribution is -0.133. The van der Waals surface area contributed by atoms with Crippen LogP contribution in [0.5, 0.6) is 23.0 Å². The first-order chi connectivity index (χ1) is 23.2. The number of benzene rings is 3. The van der Waals surface area contributed by atoms with Crippen molar-refractivity contribution in [1.29, 1.82) is 0 Å². The van der Waals surface area contributed by atoms with E-state index in [2.05, 4.69) is 9.88 Å². The number of carbonyl (C=O) groups is 2. The smallest absolute Gasteiger partial charge is 0.166 e. The number of Topliss-reactive ketones (excluding diaryl/α,β-unsaturated/α-hetero) is 2. The molecule has 7 rings (SSSR count). The van der Waals surface area contributed by atoms with Crippen molar-refractivity contribution >= 4 is 22.5 Å². The maximum atomic E-state index is 15.3. The number of likely N-dealkylation sites (tertiary alicyclic amines) is 1. The topological polar surface area (TPSA) is 98.2 Å². The van der Waals surface area contributed by atoms with Crippen LogP contribution in [0.2, 0.25) is 0 Å². The van der Waals surface area contributed by atoms with Gasteiger partial charge in [-0.15, -0.1) is 0 Å². The lowest BCUT2D eigenvalue weighted by Crippen LogP contribution is -2.28. The van der Waals surface area contributed by atoms with Crippen LogP contribution in [0.3, 0.4) is 0 Å². The van der Waals surface area contributed by atoms with Crippen LogP contribution in [-0.2, 0) is 22.4 Å². The number of pyridine rings is 1. The number of aromatic nitrogens is 1. The SMILES string of the molecule is COc1cc2c(Oc3ccc(CC(=O)C4(C(=O)Cc5ccc(F)cc5)CC4)cc3F)ccnc2cc1OCCCN1CC(O)C2(CC2)C1. The number of ketones is 2. The molecule has 0 bridgehead atoms. The Kier molecular flexibility index (Phi) is 8.64. The van der Waals surface area contributed by atoms with Gasteiger partial charge >= 0.3 is 0 Å². The Bertz CT molecular complexity index is 1850. The monoisotopic (exact) mass is 656 g/mol. The summed E-state index contributed by atoms with van der Waals surface area (Å²) in [7, 11) is 1.55. The predicted molar refractivity (Wildman–Crippen MR) is 174 cm³/mol. The summed E-state index contributed by atoms with van der Waals surface area (Å²) in [4.78, 5) is 33.0. The van der Waals surface area contributed by atoms with E-state index >= 15 is 4.39 Å². The third kappa shape index (κ3) is 6.51. The Labute approximate surface area is 277 Å². The van der Waals surface area contributed by atoms with E-state index in [1.54, 1.807) is 49.7 Å². The van der Waals surface area contributed by atoms with Crippen molar-refractivity contribution in [3.63, 3.8) is 0 Å². The van der Waals surface area contributed by atoms with Crippen LogP contribution in [0.4, 0.5) is 8.78 Å². The summed E-state index contributed by atoms with van der Waals surface area (Å²) in [5.41, 5.74) is 0.756. The molecule has 2 saturated carbocycles. The highest BCUT2D eigenvalue weighted by molar-refractivity contribution is 6.11. The van der Waals surface area contributed by atoms with Crippen molar-refractivity contribution in [3.05, 3.63) is 89.6 Å². The zero-order valence-corrected chi connectivity index (χ0v) is 26.8. The minimum absolute atomic E-state index is 0.0217. The van der Waals surface area contributed by atoms with Gasteiger partial charge in [-0.25, -0.2) is 8.78 Å². The molecular weight excluding hydrogens is 618 g/mol. The van der Waals surface area contributed by atoms with Gasteiger partial charge in [0.05, 0.1) is 30.8 Å². The number of fused-ring (bicyclic) bond motifs is 1. The second kappa shape index (κ2) is 12.9. The standard InChI is InChI=1S/C38H38F2N2O6/c1-46-32-20-27-29(21-33(32)47-16-2-15-42-22-36(45)37(23-42)10-11-37)41-14-9-30(27)48-31-8-5-25(17-28(31)40)19-35(44)38(12-13-38)34(43)18-24-3-6-26(39)7-4-24/h3-9,14,17,20-21,36,45H,2,10-13,15-16,18-19,22-23H2,1H3. The maximum absolute atomic E-state index is 15.3. The van der Waals surface area contributed by atoms with Gasteiger partial charge in [0, 0.05) is 55.5 Å². The molecule has 3 fully saturated rings. The Hall–Kier alpha value is -4.41. The van der Waals surface area contributed by atoms with Crippen molar-refractivity contribution in [2.24, 2.45) is 10.8 Å². The average Bonchev–Trinajstić information content (AvgIpc) is 4.00. The molecule has 10 heteroatoms. The highest BCUT2D eigenvalue weighted by Gasteiger charge is 2.55. The van der Waals surface area contributed by atoms with Gasteiger partial charge in [0.1, 0.15) is 11.6 Å². The van der Waals surface area contributed by atoms with Crippen molar-refractivity contribution in [2.75, 3.05) is 33.4 Å². The predicted octanol–water partition coefficient (Wildman–Crippen LogP) is 6.24. The quantitative estimate of drug-likeness (QED) is 0.126. The number of methoxy groups -OCH3 is 1. The van der Waals surface area contributed by atoms with E-state index in [1.165, 1.54) is 24.3 Å². The number of hydrogen-bond donors (Lipinski definition) is 1. The van der Waals surface area contributed by atoms with Crippen LogP contribution in [0.25, 0.3) is 10.9 Å². The molecule has 1 N–H and O–H groups in total. The van der Waals surface area contributed by atoms with Crippen molar-refractivity contribution < 1.29 is 37.7 Å². The summed E-state index contributed by atoms with van der Waals surface area (Å²) in [5, 5.41) is 10.9. The molecule has 8 nitrogen and oxygen atoms in total. The molecule has 1 unspecified atom stereocenters. The number of aliphatic hydroxyl groups excluding tert-OH is 1. The van der Waals surface area contributed by atoms with E-state index in [1.807, 2.05) is 0 Å². The summed E-state index contributed by atoms with van der Waals surface area (Å²) < 4.78 is 46.3. The summed E-state index contributed by atoms with van der Waals surface area (Å²) in [5.74, 6) is -0.0775. The fourth-order valence-corrected chi connectivity index (χ4v) is 6.84. The van der Waals surface area contributed by atoms with Crippen LogP contribution in [0, 0.1) is 22.5 Å². The van der Waals surface area contributed by atoms with E-state index in [-0.39, 0.29) is 47.5 Å². The third-order valence-corrected chi connectivity index (χ3v) is 10.1. The highest BCUT2D eigenvalue weighted by Crippen LogP contribution is 2.52. The van der Waals surface area contributed by atoms with Gasteiger partial charge in [-0.2, -0.15) is 0 Å². The second-order valence-corrected chi connectivity index (χ2v) is 13.4. The lowest BCUT2D eigenvalue weighted by Gasteiger charge is -2.17. The largest absolute Gasteiger partial charge is 0.493 e. The molecule has 0 radical (unpaired) electrons. The van der Waals surface area contributed by atoms with E-state index in [4.69, 9.17) is 14.2 Å². The average molecular weight is 657 g/mol. The second-order valence-electron chi connectivity index (χ2n) is 13.4. The molecular formula is C38H38F2N2O6. The summed E-state index contributed by atoms with van der Waals surface area (Å²) in [6.07, 6.45) is 5.27. The molecule has 4 aromatic rings. The number of nitrogens with zero attached hydrogens (tertiary/aromatic N) is 2. The van der Waals surface area contributed by atoms with Gasteiger partial charge in [0.15, 0.2) is 34.6 Å². The summed E-state index contributed by atoms with van der Waals surface area (Å²) in [6, 6.07) is 15.2. The molecule has 1 saturated heterocycles. The minimum Gasteiger partial charge on any atom is -0.493 e. The zero-order valence-electron chi connectivity index (χ0n) is 26.8. The number of carbonyl (C=O) groups excluding carboxylic acids is 2. The number of hydrogen-bond acceptors (Lipinski definition) is 8. The Morgan fingerprint density at radius 3 is 2.29 bits per heavy atom. The van der Waals surface area contributed by atoms with Crippen LogP contribution in [-0.4, -0.2) is 66.0 Å². The van der Waals surface area contributed by atoms with Crippen LogP contribution < -0.4 is 14.2 Å². The van der Waals surface area contributed by atoms with Crippen molar-refractivity contribution in [1.82, 2.24) is 9.88 Å². The molecule has 0 amide bonds. The van der Waals surface area contributed by atoms with E-state index in [0.29, 0.717) is 58.7 Å². The first kappa shape index (κ1) is 32.2. The number of aliphatic hydroxyl groups is 1. The Morgan fingerprint density at radius 2 is 1.62 bits per heavy atom. The molecule has 1 atom stereocenters. The third-order valence-electron chi connectivity index (χ3n) is 10.1. The molecule has 2 aliphatic carbocycles. The summed E-state index contributed by atoms with van der Waals surface area (Å²) >= 11 is 0. The first-order valence-corrected chi connectivity index (χ1v) is 16.5.